The number of carbonyl (C=O) groups excluding carboxylic acids is 1. The molecule has 1 aliphatic rings. The summed E-state index contributed by atoms with van der Waals surface area (Å²) in [6.45, 7) is 1.96. The molecule has 0 bridgehead atoms. The number of nitrogens with one attached hydrogen (secondary N) is 2. The smallest absolute Gasteiger partial charge is 0.260 e. The minimum atomic E-state index is -0.409. The minimum absolute atomic E-state index is 0.187. The van der Waals surface area contributed by atoms with Gasteiger partial charge in [-0.15, -0.1) is 0 Å². The molecule has 0 spiro atoms. The average Bonchev–Trinajstić information content (AvgIpc) is 2.91. The summed E-state index contributed by atoms with van der Waals surface area (Å²) in [7, 11) is 1.62. The molecule has 1 fully saturated rings. The molecule has 1 atom stereocenters. The molecule has 2 N–H and O–H groups in total. The highest BCUT2D eigenvalue weighted by atomic mass is 32.2. The van der Waals surface area contributed by atoms with Gasteiger partial charge in [0.1, 0.15) is 11.6 Å². The van der Waals surface area contributed by atoms with Crippen LogP contribution >= 0.6 is 11.8 Å². The number of ether oxygens (including phenoxy) is 1. The Hall–Kier alpha value is -2.47. The van der Waals surface area contributed by atoms with Crippen LogP contribution in [0.4, 0.5) is 10.1 Å². The molecule has 0 radical (unpaired) electrons. The van der Waals surface area contributed by atoms with Crippen molar-refractivity contribution in [1.82, 2.24) is 5.32 Å². The van der Waals surface area contributed by atoms with Gasteiger partial charge < -0.3 is 15.4 Å². The van der Waals surface area contributed by atoms with Gasteiger partial charge in [-0.2, -0.15) is 0 Å². The number of halogens is 1. The SMILES string of the molecule is COc1cc(/C=C2\SC(Nc3ccccc3F)NC2=O)ccc1C. The molecule has 4 nitrogen and oxygen atoms in total. The lowest BCUT2D eigenvalue weighted by Gasteiger charge is -2.13. The maximum Gasteiger partial charge on any atom is 0.260 e. The van der Waals surface area contributed by atoms with Gasteiger partial charge in [0.05, 0.1) is 17.7 Å². The summed E-state index contributed by atoms with van der Waals surface area (Å²) in [5.74, 6) is 0.232. The second-order valence-corrected chi connectivity index (χ2v) is 6.48. The van der Waals surface area contributed by atoms with Crippen molar-refractivity contribution in [2.75, 3.05) is 12.4 Å². The minimum Gasteiger partial charge on any atom is -0.496 e. The topological polar surface area (TPSA) is 50.4 Å². The van der Waals surface area contributed by atoms with Crippen molar-refractivity contribution in [3.8, 4) is 5.75 Å². The van der Waals surface area contributed by atoms with Crippen molar-refractivity contribution in [1.29, 1.82) is 0 Å². The number of rotatable bonds is 4. The Kier molecular flexibility index (Phi) is 4.76. The number of benzene rings is 2. The van der Waals surface area contributed by atoms with Gasteiger partial charge in [0.25, 0.3) is 5.91 Å². The predicted octanol–water partition coefficient (Wildman–Crippen LogP) is 3.74. The number of carbonyl (C=O) groups is 1. The number of amides is 1. The molecule has 24 heavy (non-hydrogen) atoms. The van der Waals surface area contributed by atoms with Crippen molar-refractivity contribution < 1.29 is 13.9 Å². The zero-order chi connectivity index (χ0) is 17.1. The first-order valence-electron chi connectivity index (χ1n) is 7.42. The summed E-state index contributed by atoms with van der Waals surface area (Å²) >= 11 is 1.32. The van der Waals surface area contributed by atoms with Gasteiger partial charge in [0, 0.05) is 0 Å². The Balaban J connectivity index is 1.76. The van der Waals surface area contributed by atoms with E-state index in [1.54, 1.807) is 31.4 Å². The van der Waals surface area contributed by atoms with Crippen molar-refractivity contribution >= 4 is 29.4 Å². The quantitative estimate of drug-likeness (QED) is 0.830. The van der Waals surface area contributed by atoms with E-state index in [-0.39, 0.29) is 11.7 Å². The number of methoxy groups -OCH3 is 1. The van der Waals surface area contributed by atoms with Crippen LogP contribution in [0, 0.1) is 12.7 Å². The van der Waals surface area contributed by atoms with Crippen LogP contribution in [-0.2, 0) is 4.79 Å². The molecule has 0 saturated carbocycles. The normalized spacial score (nSPS) is 18.5. The van der Waals surface area contributed by atoms with Crippen LogP contribution in [0.2, 0.25) is 0 Å². The van der Waals surface area contributed by atoms with Crippen molar-refractivity contribution in [3.63, 3.8) is 0 Å². The molecule has 1 aliphatic heterocycles. The average molecular weight is 344 g/mol. The molecule has 1 amide bonds. The van der Waals surface area contributed by atoms with E-state index in [9.17, 15) is 9.18 Å². The Bertz CT molecular complexity index is 807. The number of aryl methyl sites for hydroxylation is 1. The fourth-order valence-corrected chi connectivity index (χ4v) is 3.34. The van der Waals surface area contributed by atoms with Crippen LogP contribution in [-0.4, -0.2) is 18.5 Å². The lowest BCUT2D eigenvalue weighted by molar-refractivity contribution is -0.116. The van der Waals surface area contributed by atoms with E-state index < -0.39 is 5.50 Å². The molecule has 124 valence electrons. The van der Waals surface area contributed by atoms with Crippen LogP contribution in [0.15, 0.2) is 47.4 Å². The van der Waals surface area contributed by atoms with Crippen molar-refractivity contribution in [2.45, 2.75) is 12.4 Å². The van der Waals surface area contributed by atoms with Crippen LogP contribution in [0.3, 0.4) is 0 Å². The molecule has 1 heterocycles. The highest BCUT2D eigenvalue weighted by Gasteiger charge is 2.27. The van der Waals surface area contributed by atoms with Gasteiger partial charge in [0.15, 0.2) is 5.50 Å². The molecule has 1 saturated heterocycles. The first kappa shape index (κ1) is 16.4. The van der Waals surface area contributed by atoms with Crippen LogP contribution in [0.1, 0.15) is 11.1 Å². The zero-order valence-electron chi connectivity index (χ0n) is 13.3. The Morgan fingerprint density at radius 2 is 2.08 bits per heavy atom. The van der Waals surface area contributed by atoms with E-state index in [1.807, 2.05) is 25.1 Å². The summed E-state index contributed by atoms with van der Waals surface area (Å²) in [4.78, 5) is 12.7. The molecule has 0 aliphatic carbocycles. The van der Waals surface area contributed by atoms with Crippen molar-refractivity contribution in [2.24, 2.45) is 0 Å². The molecule has 0 aromatic heterocycles. The van der Waals surface area contributed by atoms with E-state index in [2.05, 4.69) is 10.6 Å². The standard InChI is InChI=1S/C18H17FN2O2S/c1-11-7-8-12(9-15(11)23-2)10-16-17(22)21-18(24-16)20-14-6-4-3-5-13(14)19/h3-10,18,20H,1-2H3,(H,21,22)/b16-10-. The monoisotopic (exact) mass is 344 g/mol. The fraction of sp³-hybridized carbons (Fsp3) is 0.167. The van der Waals surface area contributed by atoms with Gasteiger partial charge in [-0.1, -0.05) is 36.0 Å². The number of anilines is 1. The second kappa shape index (κ2) is 6.97. The van der Waals surface area contributed by atoms with E-state index in [4.69, 9.17) is 4.74 Å². The molecular weight excluding hydrogens is 327 g/mol. The third-order valence-electron chi connectivity index (χ3n) is 3.62. The summed E-state index contributed by atoms with van der Waals surface area (Å²) in [6.07, 6.45) is 1.80. The maximum atomic E-state index is 13.7. The molecule has 1 unspecified atom stereocenters. The van der Waals surface area contributed by atoms with Gasteiger partial charge in [-0.3, -0.25) is 4.79 Å². The molecule has 2 aromatic rings. The largest absolute Gasteiger partial charge is 0.496 e. The zero-order valence-corrected chi connectivity index (χ0v) is 14.1. The second-order valence-electron chi connectivity index (χ2n) is 5.33. The summed E-state index contributed by atoms with van der Waals surface area (Å²) in [6, 6.07) is 12.1. The van der Waals surface area contributed by atoms with Crippen molar-refractivity contribution in [3.05, 3.63) is 64.3 Å². The van der Waals surface area contributed by atoms with Gasteiger partial charge in [0.2, 0.25) is 0 Å². The number of hydrogen-bond donors (Lipinski definition) is 2. The van der Waals surface area contributed by atoms with E-state index in [0.717, 1.165) is 16.9 Å². The molecule has 6 heteroatoms. The number of thioether (sulfide) groups is 1. The number of hydrogen-bond acceptors (Lipinski definition) is 4. The van der Waals surface area contributed by atoms with Crippen LogP contribution in [0.5, 0.6) is 5.75 Å². The summed E-state index contributed by atoms with van der Waals surface area (Å²) < 4.78 is 19.0. The third kappa shape index (κ3) is 3.54. The Morgan fingerprint density at radius 1 is 1.29 bits per heavy atom. The molecular formula is C18H17FN2O2S. The summed E-state index contributed by atoms with van der Waals surface area (Å²) in [5, 5.41) is 5.76. The lowest BCUT2D eigenvalue weighted by atomic mass is 10.1. The van der Waals surface area contributed by atoms with Gasteiger partial charge in [-0.25, -0.2) is 4.39 Å². The maximum absolute atomic E-state index is 13.7. The fourth-order valence-electron chi connectivity index (χ4n) is 2.36. The third-order valence-corrected chi connectivity index (χ3v) is 4.65. The van der Waals surface area contributed by atoms with Gasteiger partial charge >= 0.3 is 0 Å². The Morgan fingerprint density at radius 3 is 2.83 bits per heavy atom. The first-order chi connectivity index (χ1) is 11.6. The van der Waals surface area contributed by atoms with E-state index in [1.165, 1.54) is 17.8 Å². The van der Waals surface area contributed by atoms with Crippen LogP contribution < -0.4 is 15.4 Å². The highest BCUT2D eigenvalue weighted by molar-refractivity contribution is 8.05. The lowest BCUT2D eigenvalue weighted by Crippen LogP contribution is -2.31. The van der Waals surface area contributed by atoms with Gasteiger partial charge in [-0.05, 0) is 42.3 Å². The van der Waals surface area contributed by atoms with E-state index in [0.29, 0.717) is 10.6 Å². The number of para-hydroxylation sites is 1. The van der Waals surface area contributed by atoms with Crippen LogP contribution in [0.25, 0.3) is 6.08 Å². The molecule has 2 aromatic carbocycles. The first-order valence-corrected chi connectivity index (χ1v) is 8.30. The Labute approximate surface area is 144 Å². The van der Waals surface area contributed by atoms with E-state index >= 15 is 0 Å². The highest BCUT2D eigenvalue weighted by Crippen LogP contribution is 2.31. The predicted molar refractivity (Wildman–Crippen MR) is 95.3 cm³/mol. The molecule has 3 rings (SSSR count). The summed E-state index contributed by atoms with van der Waals surface area (Å²) in [5.41, 5.74) is 1.85.